The van der Waals surface area contributed by atoms with E-state index in [0.717, 1.165) is 19.6 Å². The molecule has 4 nitrogen and oxygen atoms in total. The number of piperazine rings is 1. The Labute approximate surface area is 149 Å². The summed E-state index contributed by atoms with van der Waals surface area (Å²) in [7, 11) is 0. The van der Waals surface area contributed by atoms with Crippen LogP contribution in [0.4, 0.5) is 0 Å². The van der Waals surface area contributed by atoms with Crippen molar-refractivity contribution < 1.29 is 9.59 Å². The predicted molar refractivity (Wildman–Crippen MR) is 98.8 cm³/mol. The monoisotopic (exact) mass is 336 g/mol. The van der Waals surface area contributed by atoms with Gasteiger partial charge in [0.2, 0.25) is 0 Å². The third-order valence-corrected chi connectivity index (χ3v) is 4.72. The Morgan fingerprint density at radius 1 is 0.880 bits per heavy atom. The molecule has 0 radical (unpaired) electrons. The standard InChI is InChI=1S/C21H24N2O2/c1-16-7-9-18(10-8-16)15-22-11-13-23(14-12-22)21(25)20-6-4-3-5-19(20)17(2)24/h3-10H,11-15H2,1-2H3. The van der Waals surface area contributed by atoms with E-state index in [1.807, 2.05) is 11.0 Å². The van der Waals surface area contributed by atoms with Crippen molar-refractivity contribution in [2.45, 2.75) is 20.4 Å². The van der Waals surface area contributed by atoms with E-state index < -0.39 is 0 Å². The Kier molecular flexibility index (Phi) is 5.29. The van der Waals surface area contributed by atoms with Gasteiger partial charge in [0.1, 0.15) is 0 Å². The minimum atomic E-state index is -0.0676. The second-order valence-corrected chi connectivity index (χ2v) is 6.66. The zero-order valence-electron chi connectivity index (χ0n) is 14.9. The van der Waals surface area contributed by atoms with Gasteiger partial charge in [-0.2, -0.15) is 0 Å². The van der Waals surface area contributed by atoms with Gasteiger partial charge in [-0.25, -0.2) is 0 Å². The van der Waals surface area contributed by atoms with E-state index in [2.05, 4.69) is 36.1 Å². The molecule has 0 N–H and O–H groups in total. The summed E-state index contributed by atoms with van der Waals surface area (Å²) < 4.78 is 0. The van der Waals surface area contributed by atoms with Gasteiger partial charge < -0.3 is 4.90 Å². The Morgan fingerprint density at radius 3 is 2.08 bits per heavy atom. The molecule has 1 aliphatic heterocycles. The van der Waals surface area contributed by atoms with Crippen LogP contribution in [0.15, 0.2) is 48.5 Å². The molecule has 2 aromatic carbocycles. The van der Waals surface area contributed by atoms with Gasteiger partial charge >= 0.3 is 0 Å². The van der Waals surface area contributed by atoms with Crippen LogP contribution >= 0.6 is 0 Å². The van der Waals surface area contributed by atoms with Crippen molar-refractivity contribution in [3.8, 4) is 0 Å². The lowest BCUT2D eigenvalue weighted by Crippen LogP contribution is -2.48. The fourth-order valence-electron chi connectivity index (χ4n) is 3.21. The number of amides is 1. The van der Waals surface area contributed by atoms with Crippen LogP contribution < -0.4 is 0 Å². The molecule has 0 atom stereocenters. The summed E-state index contributed by atoms with van der Waals surface area (Å²) in [6.07, 6.45) is 0. The van der Waals surface area contributed by atoms with Crippen LogP contribution in [0.2, 0.25) is 0 Å². The zero-order valence-corrected chi connectivity index (χ0v) is 14.9. The molecule has 1 fully saturated rings. The first kappa shape index (κ1) is 17.4. The zero-order chi connectivity index (χ0) is 17.8. The molecule has 1 aliphatic rings. The molecular weight excluding hydrogens is 312 g/mol. The number of hydrogen-bond donors (Lipinski definition) is 0. The maximum atomic E-state index is 12.8. The summed E-state index contributed by atoms with van der Waals surface area (Å²) in [6.45, 7) is 7.59. The fourth-order valence-corrected chi connectivity index (χ4v) is 3.21. The Morgan fingerprint density at radius 2 is 1.48 bits per heavy atom. The van der Waals surface area contributed by atoms with E-state index in [0.29, 0.717) is 24.2 Å². The average molecular weight is 336 g/mol. The predicted octanol–water partition coefficient (Wildman–Crippen LogP) is 3.16. The molecule has 0 bridgehead atoms. The molecule has 0 saturated carbocycles. The van der Waals surface area contributed by atoms with Gasteiger partial charge in [0.15, 0.2) is 5.78 Å². The minimum Gasteiger partial charge on any atom is -0.336 e. The van der Waals surface area contributed by atoms with Crippen molar-refractivity contribution >= 4 is 11.7 Å². The Bertz CT molecular complexity index is 760. The number of nitrogens with zero attached hydrogens (tertiary/aromatic N) is 2. The summed E-state index contributed by atoms with van der Waals surface area (Å²) in [6, 6.07) is 15.7. The number of rotatable bonds is 4. The number of benzene rings is 2. The number of aryl methyl sites for hydroxylation is 1. The SMILES string of the molecule is CC(=O)c1ccccc1C(=O)N1CCN(Cc2ccc(C)cc2)CC1. The summed E-state index contributed by atoms with van der Waals surface area (Å²) in [4.78, 5) is 28.8. The Hall–Kier alpha value is -2.46. The van der Waals surface area contributed by atoms with Gasteiger partial charge in [0.05, 0.1) is 5.56 Å². The average Bonchev–Trinajstić information content (AvgIpc) is 2.63. The van der Waals surface area contributed by atoms with Crippen molar-refractivity contribution in [2.75, 3.05) is 26.2 Å². The normalized spacial score (nSPS) is 15.2. The lowest BCUT2D eigenvalue weighted by Gasteiger charge is -2.35. The first-order valence-corrected chi connectivity index (χ1v) is 8.72. The fraction of sp³-hybridized carbons (Fsp3) is 0.333. The second-order valence-electron chi connectivity index (χ2n) is 6.66. The van der Waals surface area contributed by atoms with Gasteiger partial charge in [-0.15, -0.1) is 0 Å². The maximum Gasteiger partial charge on any atom is 0.254 e. The lowest BCUT2D eigenvalue weighted by molar-refractivity contribution is 0.0625. The maximum absolute atomic E-state index is 12.8. The highest BCUT2D eigenvalue weighted by Crippen LogP contribution is 2.15. The van der Waals surface area contributed by atoms with Gasteiger partial charge in [-0.05, 0) is 25.5 Å². The smallest absolute Gasteiger partial charge is 0.254 e. The van der Waals surface area contributed by atoms with E-state index in [9.17, 15) is 9.59 Å². The largest absolute Gasteiger partial charge is 0.336 e. The van der Waals surface area contributed by atoms with Gasteiger partial charge in [-0.1, -0.05) is 48.0 Å². The van der Waals surface area contributed by atoms with Crippen LogP contribution in [0.25, 0.3) is 0 Å². The topological polar surface area (TPSA) is 40.6 Å². The minimum absolute atomic E-state index is 0.0409. The first-order valence-electron chi connectivity index (χ1n) is 8.72. The molecule has 3 rings (SSSR count). The van der Waals surface area contributed by atoms with Crippen molar-refractivity contribution in [3.05, 3.63) is 70.8 Å². The Balaban J connectivity index is 1.61. The van der Waals surface area contributed by atoms with Crippen molar-refractivity contribution in [1.29, 1.82) is 0 Å². The lowest BCUT2D eigenvalue weighted by atomic mass is 10.0. The quantitative estimate of drug-likeness (QED) is 0.805. The summed E-state index contributed by atoms with van der Waals surface area (Å²) in [5.74, 6) is -0.109. The molecule has 25 heavy (non-hydrogen) atoms. The number of hydrogen-bond acceptors (Lipinski definition) is 3. The first-order chi connectivity index (χ1) is 12.0. The molecule has 4 heteroatoms. The highest BCUT2D eigenvalue weighted by Gasteiger charge is 2.24. The van der Waals surface area contributed by atoms with Crippen molar-refractivity contribution in [3.63, 3.8) is 0 Å². The van der Waals surface area contributed by atoms with Gasteiger partial charge in [-0.3, -0.25) is 14.5 Å². The van der Waals surface area contributed by atoms with Crippen LogP contribution in [0, 0.1) is 6.92 Å². The van der Waals surface area contributed by atoms with E-state index >= 15 is 0 Å². The van der Waals surface area contributed by atoms with E-state index in [1.165, 1.54) is 18.1 Å². The van der Waals surface area contributed by atoms with E-state index in [-0.39, 0.29) is 11.7 Å². The number of carbonyl (C=O) groups is 2. The summed E-state index contributed by atoms with van der Waals surface area (Å²) in [5.41, 5.74) is 3.59. The molecule has 130 valence electrons. The van der Waals surface area contributed by atoms with Gasteiger partial charge in [0, 0.05) is 38.3 Å². The van der Waals surface area contributed by atoms with Crippen LogP contribution in [-0.4, -0.2) is 47.7 Å². The van der Waals surface area contributed by atoms with Crippen molar-refractivity contribution in [1.82, 2.24) is 9.80 Å². The molecule has 0 aliphatic carbocycles. The van der Waals surface area contributed by atoms with Crippen LogP contribution in [0.3, 0.4) is 0 Å². The molecule has 1 saturated heterocycles. The summed E-state index contributed by atoms with van der Waals surface area (Å²) >= 11 is 0. The van der Waals surface area contributed by atoms with E-state index in [1.54, 1.807) is 18.2 Å². The van der Waals surface area contributed by atoms with Crippen LogP contribution in [0.5, 0.6) is 0 Å². The summed E-state index contributed by atoms with van der Waals surface area (Å²) in [5, 5.41) is 0. The molecule has 0 aromatic heterocycles. The molecule has 1 heterocycles. The second kappa shape index (κ2) is 7.62. The van der Waals surface area contributed by atoms with Crippen LogP contribution in [0.1, 0.15) is 38.8 Å². The molecule has 0 spiro atoms. The number of carbonyl (C=O) groups excluding carboxylic acids is 2. The third-order valence-electron chi connectivity index (χ3n) is 4.72. The highest BCUT2D eigenvalue weighted by molar-refractivity contribution is 6.07. The molecule has 0 unspecified atom stereocenters. The highest BCUT2D eigenvalue weighted by atomic mass is 16.2. The van der Waals surface area contributed by atoms with E-state index in [4.69, 9.17) is 0 Å². The molecular formula is C21H24N2O2. The number of ketones is 1. The molecule has 1 amide bonds. The third kappa shape index (κ3) is 4.15. The van der Waals surface area contributed by atoms with Crippen LogP contribution in [-0.2, 0) is 6.54 Å². The number of Topliss-reactive ketones (excluding diaryl/α,β-unsaturated/α-hetero) is 1. The molecule has 2 aromatic rings. The van der Waals surface area contributed by atoms with Gasteiger partial charge in [0.25, 0.3) is 5.91 Å². The van der Waals surface area contributed by atoms with Crippen molar-refractivity contribution in [2.24, 2.45) is 0 Å².